The number of hydrogen-bond donors (Lipinski definition) is 2. The topological polar surface area (TPSA) is 67.6 Å². The molecule has 0 aromatic carbocycles. The average molecular weight is 285 g/mol. The molecular formula is C15H31N3O2. The molecule has 118 valence electrons. The van der Waals surface area contributed by atoms with Crippen LogP contribution in [0.2, 0.25) is 0 Å². The van der Waals surface area contributed by atoms with Gasteiger partial charge >= 0.3 is 0 Å². The van der Waals surface area contributed by atoms with Crippen molar-refractivity contribution in [3.05, 3.63) is 0 Å². The van der Waals surface area contributed by atoms with E-state index in [4.69, 9.17) is 10.5 Å². The summed E-state index contributed by atoms with van der Waals surface area (Å²) >= 11 is 0. The zero-order chi connectivity index (χ0) is 15.6. The normalized spacial score (nSPS) is 25.1. The minimum atomic E-state index is -0.638. The minimum Gasteiger partial charge on any atom is -0.368 e. The first kappa shape index (κ1) is 17.4. The second kappa shape index (κ2) is 6.00. The van der Waals surface area contributed by atoms with Crippen LogP contribution >= 0.6 is 0 Å². The van der Waals surface area contributed by atoms with Crippen LogP contribution in [-0.2, 0) is 9.53 Å². The Balaban J connectivity index is 2.66. The van der Waals surface area contributed by atoms with Crippen LogP contribution in [0.4, 0.5) is 0 Å². The van der Waals surface area contributed by atoms with Crippen LogP contribution in [0.3, 0.4) is 0 Å². The Labute approximate surface area is 123 Å². The maximum atomic E-state index is 11.7. The summed E-state index contributed by atoms with van der Waals surface area (Å²) in [7, 11) is 0. The summed E-state index contributed by atoms with van der Waals surface area (Å²) in [4.78, 5) is 14.0. The zero-order valence-corrected chi connectivity index (χ0v) is 13.9. The lowest BCUT2D eigenvalue weighted by molar-refractivity contribution is -0.181. The van der Waals surface area contributed by atoms with Gasteiger partial charge in [-0.2, -0.15) is 0 Å². The number of ether oxygens (including phenoxy) is 1. The Kier molecular flexibility index (Phi) is 5.22. The second-order valence-corrected chi connectivity index (χ2v) is 7.31. The van der Waals surface area contributed by atoms with Gasteiger partial charge in [0.15, 0.2) is 0 Å². The molecule has 5 heteroatoms. The average Bonchev–Trinajstić information content (AvgIpc) is 2.22. The van der Waals surface area contributed by atoms with Crippen LogP contribution in [0.5, 0.6) is 0 Å². The highest BCUT2D eigenvalue weighted by Crippen LogP contribution is 2.28. The van der Waals surface area contributed by atoms with Crippen LogP contribution in [-0.4, -0.2) is 53.7 Å². The fraction of sp³-hybridized carbons (Fsp3) is 0.933. The Morgan fingerprint density at radius 1 is 1.30 bits per heavy atom. The number of carbonyl (C=O) groups is 1. The first-order valence-electron chi connectivity index (χ1n) is 7.47. The summed E-state index contributed by atoms with van der Waals surface area (Å²) in [5, 5.41) is 3.21. The van der Waals surface area contributed by atoms with Crippen LogP contribution in [0.15, 0.2) is 0 Å². The van der Waals surface area contributed by atoms with E-state index in [1.807, 2.05) is 13.8 Å². The number of nitrogens with two attached hydrogens (primary N) is 1. The van der Waals surface area contributed by atoms with E-state index < -0.39 is 5.54 Å². The van der Waals surface area contributed by atoms with Gasteiger partial charge in [0.1, 0.15) is 0 Å². The third-order valence-corrected chi connectivity index (χ3v) is 3.80. The van der Waals surface area contributed by atoms with Gasteiger partial charge in [-0.15, -0.1) is 0 Å². The molecule has 0 spiro atoms. The van der Waals surface area contributed by atoms with Crippen molar-refractivity contribution in [1.82, 2.24) is 10.2 Å². The molecule has 0 aliphatic carbocycles. The van der Waals surface area contributed by atoms with Gasteiger partial charge in [0.2, 0.25) is 5.91 Å². The molecule has 0 aromatic rings. The third-order valence-electron chi connectivity index (χ3n) is 3.80. The zero-order valence-electron chi connectivity index (χ0n) is 13.9. The van der Waals surface area contributed by atoms with Crippen molar-refractivity contribution in [3.63, 3.8) is 0 Å². The first-order chi connectivity index (χ1) is 9.00. The van der Waals surface area contributed by atoms with Gasteiger partial charge in [-0.05, 0) is 47.6 Å². The molecule has 1 amide bonds. The predicted octanol–water partition coefficient (Wildman–Crippen LogP) is 1.12. The number of rotatable bonds is 6. The second-order valence-electron chi connectivity index (χ2n) is 7.31. The molecule has 1 saturated heterocycles. The Morgan fingerprint density at radius 3 is 2.20 bits per heavy atom. The number of nitrogens with one attached hydrogen (secondary N) is 1. The van der Waals surface area contributed by atoms with Crippen molar-refractivity contribution in [3.8, 4) is 0 Å². The molecule has 1 atom stereocenters. The molecule has 1 unspecified atom stereocenters. The molecule has 1 aliphatic heterocycles. The van der Waals surface area contributed by atoms with E-state index in [0.29, 0.717) is 6.42 Å². The number of amides is 1. The summed E-state index contributed by atoms with van der Waals surface area (Å²) in [6.07, 6.45) is 0.711. The summed E-state index contributed by atoms with van der Waals surface area (Å²) in [6.45, 7) is 15.6. The van der Waals surface area contributed by atoms with Crippen molar-refractivity contribution < 1.29 is 9.53 Å². The Hall–Kier alpha value is -0.650. The van der Waals surface area contributed by atoms with Gasteiger partial charge in [0.05, 0.1) is 16.7 Å². The predicted molar refractivity (Wildman–Crippen MR) is 81.6 cm³/mol. The standard InChI is InChI=1S/C15H31N3O2/c1-7-17-15(6,12(16)19)8-9-18-10-13(2,3)20-14(4,5)11-18/h17H,7-11H2,1-6H3,(H2,16,19). The lowest BCUT2D eigenvalue weighted by Gasteiger charge is -2.47. The highest BCUT2D eigenvalue weighted by Gasteiger charge is 2.39. The van der Waals surface area contributed by atoms with E-state index in [1.54, 1.807) is 0 Å². The monoisotopic (exact) mass is 285 g/mol. The lowest BCUT2D eigenvalue weighted by atomic mass is 9.94. The van der Waals surface area contributed by atoms with E-state index in [1.165, 1.54) is 0 Å². The van der Waals surface area contributed by atoms with E-state index >= 15 is 0 Å². The molecule has 0 saturated carbocycles. The summed E-state index contributed by atoms with van der Waals surface area (Å²) in [5.74, 6) is -0.286. The fourth-order valence-electron chi connectivity index (χ4n) is 3.17. The molecule has 5 nitrogen and oxygen atoms in total. The summed E-state index contributed by atoms with van der Waals surface area (Å²) in [5.41, 5.74) is 4.57. The molecule has 0 radical (unpaired) electrons. The number of hydrogen-bond acceptors (Lipinski definition) is 4. The molecule has 1 fully saturated rings. The largest absolute Gasteiger partial charge is 0.368 e. The van der Waals surface area contributed by atoms with Gasteiger partial charge in [0.25, 0.3) is 0 Å². The van der Waals surface area contributed by atoms with E-state index in [2.05, 4.69) is 37.9 Å². The molecule has 3 N–H and O–H groups in total. The van der Waals surface area contributed by atoms with Crippen LogP contribution in [0.1, 0.15) is 48.0 Å². The first-order valence-corrected chi connectivity index (χ1v) is 7.47. The molecule has 1 aliphatic rings. The molecule has 1 heterocycles. The van der Waals surface area contributed by atoms with Gasteiger partial charge in [0, 0.05) is 19.6 Å². The molecular weight excluding hydrogens is 254 g/mol. The smallest absolute Gasteiger partial charge is 0.237 e. The van der Waals surface area contributed by atoms with E-state index in [0.717, 1.165) is 26.2 Å². The molecule has 1 rings (SSSR count). The molecule has 0 aromatic heterocycles. The minimum absolute atomic E-state index is 0.164. The lowest BCUT2D eigenvalue weighted by Crippen LogP contribution is -2.59. The van der Waals surface area contributed by atoms with Crippen molar-refractivity contribution in [2.24, 2.45) is 5.73 Å². The maximum absolute atomic E-state index is 11.7. The highest BCUT2D eigenvalue weighted by atomic mass is 16.5. The quantitative estimate of drug-likeness (QED) is 0.767. The number of morpholine rings is 1. The van der Waals surface area contributed by atoms with Gasteiger partial charge in [-0.3, -0.25) is 9.69 Å². The van der Waals surface area contributed by atoms with Crippen LogP contribution in [0, 0.1) is 0 Å². The van der Waals surface area contributed by atoms with Crippen molar-refractivity contribution in [2.75, 3.05) is 26.2 Å². The molecule has 20 heavy (non-hydrogen) atoms. The van der Waals surface area contributed by atoms with E-state index in [9.17, 15) is 4.79 Å². The van der Waals surface area contributed by atoms with Crippen LogP contribution in [0.25, 0.3) is 0 Å². The summed E-state index contributed by atoms with van der Waals surface area (Å²) < 4.78 is 6.07. The fourth-order valence-corrected chi connectivity index (χ4v) is 3.17. The molecule has 0 bridgehead atoms. The number of primary amides is 1. The Morgan fingerprint density at radius 2 is 1.80 bits per heavy atom. The van der Waals surface area contributed by atoms with Crippen molar-refractivity contribution >= 4 is 5.91 Å². The number of likely N-dealkylation sites (N-methyl/N-ethyl adjacent to an activating group) is 1. The van der Waals surface area contributed by atoms with Crippen molar-refractivity contribution in [2.45, 2.75) is 64.7 Å². The van der Waals surface area contributed by atoms with Gasteiger partial charge < -0.3 is 15.8 Å². The van der Waals surface area contributed by atoms with Gasteiger partial charge in [-0.25, -0.2) is 0 Å². The number of carbonyl (C=O) groups excluding carboxylic acids is 1. The maximum Gasteiger partial charge on any atom is 0.237 e. The highest BCUT2D eigenvalue weighted by molar-refractivity contribution is 5.84. The van der Waals surface area contributed by atoms with E-state index in [-0.39, 0.29) is 17.1 Å². The summed E-state index contributed by atoms with van der Waals surface area (Å²) in [6, 6.07) is 0. The third kappa shape index (κ3) is 4.72. The van der Waals surface area contributed by atoms with Crippen LogP contribution < -0.4 is 11.1 Å². The van der Waals surface area contributed by atoms with Gasteiger partial charge in [-0.1, -0.05) is 6.92 Å². The Bertz CT molecular complexity index is 339. The number of nitrogens with zero attached hydrogens (tertiary/aromatic N) is 1. The SMILES string of the molecule is CCNC(C)(CCN1CC(C)(C)OC(C)(C)C1)C(N)=O. The van der Waals surface area contributed by atoms with Crippen molar-refractivity contribution in [1.29, 1.82) is 0 Å².